The Morgan fingerprint density at radius 1 is 0.893 bits per heavy atom. The molecule has 0 aliphatic rings. The quantitative estimate of drug-likeness (QED) is 0.451. The lowest BCUT2D eigenvalue weighted by Crippen LogP contribution is -2.15. The van der Waals surface area contributed by atoms with E-state index in [1.807, 2.05) is 36.4 Å². The van der Waals surface area contributed by atoms with Gasteiger partial charge in [0.05, 0.1) is 12.4 Å². The lowest BCUT2D eigenvalue weighted by atomic mass is 10.0. The van der Waals surface area contributed by atoms with Gasteiger partial charge in [0.2, 0.25) is 5.91 Å². The largest absolute Gasteiger partial charge is 0.368 e. The molecule has 144 valence electrons. The van der Waals surface area contributed by atoms with Crippen molar-refractivity contribution in [1.82, 2.24) is 0 Å². The normalized spacial score (nSPS) is 10.8. The maximum absolute atomic E-state index is 12.0. The number of anilines is 1. The van der Waals surface area contributed by atoms with Crippen molar-refractivity contribution in [2.45, 2.75) is 6.10 Å². The Morgan fingerprint density at radius 2 is 1.46 bits per heavy atom. The van der Waals surface area contributed by atoms with Crippen LogP contribution < -0.4 is 5.32 Å². The average Bonchev–Trinajstić information content (AvgIpc) is 2.73. The molecule has 28 heavy (non-hydrogen) atoms. The first-order valence-electron chi connectivity index (χ1n) is 9.07. The molecule has 3 aromatic carbocycles. The van der Waals surface area contributed by atoms with Gasteiger partial charge >= 0.3 is 0 Å². The minimum absolute atomic E-state index is 0.0324. The van der Waals surface area contributed by atoms with Crippen molar-refractivity contribution in [1.29, 1.82) is 0 Å². The van der Waals surface area contributed by atoms with Crippen LogP contribution in [-0.2, 0) is 9.53 Å². The summed E-state index contributed by atoms with van der Waals surface area (Å²) >= 11 is 7.40. The lowest BCUT2D eigenvalue weighted by molar-refractivity contribution is -0.113. The van der Waals surface area contributed by atoms with Crippen molar-refractivity contribution >= 4 is 35.0 Å². The van der Waals surface area contributed by atoms with Gasteiger partial charge in [-0.3, -0.25) is 4.79 Å². The zero-order valence-electron chi connectivity index (χ0n) is 15.4. The van der Waals surface area contributed by atoms with E-state index in [0.717, 1.165) is 22.6 Å². The molecule has 0 bridgehead atoms. The van der Waals surface area contributed by atoms with Gasteiger partial charge in [-0.2, -0.15) is 0 Å². The van der Waals surface area contributed by atoms with Gasteiger partial charge in [0.25, 0.3) is 0 Å². The number of amides is 1. The zero-order valence-corrected chi connectivity index (χ0v) is 17.0. The summed E-state index contributed by atoms with van der Waals surface area (Å²) < 4.78 is 6.16. The molecule has 3 aromatic rings. The van der Waals surface area contributed by atoms with Crippen LogP contribution in [0.5, 0.6) is 0 Å². The second kappa shape index (κ2) is 10.9. The molecule has 0 aliphatic carbocycles. The van der Waals surface area contributed by atoms with E-state index < -0.39 is 0 Å². The molecule has 0 heterocycles. The molecule has 1 amide bonds. The molecular weight excluding hydrogens is 390 g/mol. The maximum atomic E-state index is 12.0. The number of rotatable bonds is 9. The Hall–Kier alpha value is -2.27. The molecule has 0 atom stereocenters. The summed E-state index contributed by atoms with van der Waals surface area (Å²) in [6, 6.07) is 27.5. The summed E-state index contributed by atoms with van der Waals surface area (Å²) in [5.74, 6) is 1.09. The van der Waals surface area contributed by atoms with Gasteiger partial charge < -0.3 is 10.1 Å². The van der Waals surface area contributed by atoms with Crippen molar-refractivity contribution in [3.63, 3.8) is 0 Å². The molecule has 0 fully saturated rings. The fourth-order valence-electron chi connectivity index (χ4n) is 2.76. The number of ether oxygens (including phenoxy) is 1. The SMILES string of the molecule is O=C(CSCCOC(c1ccccc1)c1ccccc1)Nc1ccc(Cl)cc1. The molecule has 3 rings (SSSR count). The van der Waals surface area contributed by atoms with Gasteiger partial charge in [-0.05, 0) is 35.4 Å². The Labute approximate surface area is 175 Å². The van der Waals surface area contributed by atoms with E-state index >= 15 is 0 Å². The van der Waals surface area contributed by atoms with Crippen LogP contribution in [0.3, 0.4) is 0 Å². The van der Waals surface area contributed by atoms with Gasteiger partial charge in [-0.25, -0.2) is 0 Å². The average molecular weight is 412 g/mol. The van der Waals surface area contributed by atoms with Crippen molar-refractivity contribution in [2.24, 2.45) is 0 Å². The van der Waals surface area contributed by atoms with E-state index in [4.69, 9.17) is 16.3 Å². The van der Waals surface area contributed by atoms with Crippen molar-refractivity contribution in [3.05, 3.63) is 101 Å². The number of benzene rings is 3. The highest BCUT2D eigenvalue weighted by Gasteiger charge is 2.14. The van der Waals surface area contributed by atoms with Crippen molar-refractivity contribution < 1.29 is 9.53 Å². The molecule has 0 radical (unpaired) electrons. The molecule has 0 unspecified atom stereocenters. The third kappa shape index (κ3) is 6.41. The summed E-state index contributed by atoms with van der Waals surface area (Å²) in [7, 11) is 0. The minimum Gasteiger partial charge on any atom is -0.368 e. The number of carbonyl (C=O) groups excluding carboxylic acids is 1. The van der Waals surface area contributed by atoms with Gasteiger partial charge in [0.15, 0.2) is 0 Å². The number of halogens is 1. The van der Waals surface area contributed by atoms with Crippen LogP contribution in [0.4, 0.5) is 5.69 Å². The summed E-state index contributed by atoms with van der Waals surface area (Å²) in [6.45, 7) is 0.563. The monoisotopic (exact) mass is 411 g/mol. The smallest absolute Gasteiger partial charge is 0.234 e. The highest BCUT2D eigenvalue weighted by atomic mass is 35.5. The predicted octanol–water partition coefficient (Wildman–Crippen LogP) is 5.82. The van der Waals surface area contributed by atoms with E-state index in [-0.39, 0.29) is 12.0 Å². The van der Waals surface area contributed by atoms with Crippen molar-refractivity contribution in [3.8, 4) is 0 Å². The Morgan fingerprint density at radius 3 is 2.04 bits per heavy atom. The minimum atomic E-state index is -0.106. The van der Waals surface area contributed by atoms with E-state index in [1.54, 1.807) is 36.0 Å². The molecule has 0 saturated carbocycles. The summed E-state index contributed by atoms with van der Waals surface area (Å²) in [4.78, 5) is 12.0. The summed E-state index contributed by atoms with van der Waals surface area (Å²) in [5.41, 5.74) is 3.00. The van der Waals surface area contributed by atoms with Crippen LogP contribution in [0.1, 0.15) is 17.2 Å². The van der Waals surface area contributed by atoms with E-state index in [0.29, 0.717) is 17.4 Å². The van der Waals surface area contributed by atoms with E-state index in [9.17, 15) is 4.79 Å². The van der Waals surface area contributed by atoms with Gasteiger partial charge in [-0.15, -0.1) is 11.8 Å². The van der Waals surface area contributed by atoms with E-state index in [1.165, 1.54) is 0 Å². The van der Waals surface area contributed by atoms with Crippen LogP contribution in [-0.4, -0.2) is 24.0 Å². The second-order valence-electron chi connectivity index (χ2n) is 6.18. The summed E-state index contributed by atoms with van der Waals surface area (Å²) in [5, 5.41) is 3.51. The first-order chi connectivity index (χ1) is 13.7. The van der Waals surface area contributed by atoms with Gasteiger partial charge in [0, 0.05) is 16.5 Å². The fourth-order valence-corrected chi connectivity index (χ4v) is 3.50. The number of thioether (sulfide) groups is 1. The number of hydrogen-bond donors (Lipinski definition) is 1. The first kappa shape index (κ1) is 20.5. The van der Waals surface area contributed by atoms with Crippen LogP contribution in [0.15, 0.2) is 84.9 Å². The number of nitrogens with one attached hydrogen (secondary N) is 1. The van der Waals surface area contributed by atoms with Gasteiger partial charge in [0.1, 0.15) is 6.10 Å². The second-order valence-corrected chi connectivity index (χ2v) is 7.72. The van der Waals surface area contributed by atoms with E-state index in [2.05, 4.69) is 29.6 Å². The molecule has 0 saturated heterocycles. The number of hydrogen-bond acceptors (Lipinski definition) is 3. The highest BCUT2D eigenvalue weighted by Crippen LogP contribution is 2.26. The van der Waals surface area contributed by atoms with Crippen LogP contribution in [0, 0.1) is 0 Å². The Balaban J connectivity index is 1.45. The standard InChI is InChI=1S/C23H22ClNO2S/c24-20-11-13-21(14-12-20)25-22(26)17-28-16-15-27-23(18-7-3-1-4-8-18)19-9-5-2-6-10-19/h1-14,23H,15-17H2,(H,25,26). The molecule has 1 N–H and O–H groups in total. The Bertz CT molecular complexity index is 817. The number of carbonyl (C=O) groups is 1. The zero-order chi connectivity index (χ0) is 19.6. The third-order valence-electron chi connectivity index (χ3n) is 4.08. The van der Waals surface area contributed by atoms with Crippen LogP contribution in [0.25, 0.3) is 0 Å². The molecule has 0 aromatic heterocycles. The molecule has 0 aliphatic heterocycles. The van der Waals surface area contributed by atoms with Crippen LogP contribution in [0.2, 0.25) is 5.02 Å². The molecule has 0 spiro atoms. The third-order valence-corrected chi connectivity index (χ3v) is 5.25. The Kier molecular flexibility index (Phi) is 7.97. The highest BCUT2D eigenvalue weighted by molar-refractivity contribution is 7.99. The first-order valence-corrected chi connectivity index (χ1v) is 10.6. The maximum Gasteiger partial charge on any atom is 0.234 e. The molecule has 5 heteroatoms. The van der Waals surface area contributed by atoms with Crippen LogP contribution >= 0.6 is 23.4 Å². The van der Waals surface area contributed by atoms with Crippen molar-refractivity contribution in [2.75, 3.05) is 23.4 Å². The molecule has 3 nitrogen and oxygen atoms in total. The fraction of sp³-hybridized carbons (Fsp3) is 0.174. The van der Waals surface area contributed by atoms with Gasteiger partial charge in [-0.1, -0.05) is 72.3 Å². The summed E-state index contributed by atoms with van der Waals surface area (Å²) in [6.07, 6.45) is -0.106. The lowest BCUT2D eigenvalue weighted by Gasteiger charge is -2.19. The molecular formula is C23H22ClNO2S. The topological polar surface area (TPSA) is 38.3 Å². The predicted molar refractivity (Wildman–Crippen MR) is 118 cm³/mol.